The van der Waals surface area contributed by atoms with Gasteiger partial charge in [-0.15, -0.1) is 0 Å². The number of carboxylic acids is 1. The van der Waals surface area contributed by atoms with Gasteiger partial charge < -0.3 is 15.3 Å². The van der Waals surface area contributed by atoms with Gasteiger partial charge in [-0.3, -0.25) is 4.79 Å². The highest BCUT2D eigenvalue weighted by atomic mass is 16.4. The van der Waals surface area contributed by atoms with Gasteiger partial charge in [0.15, 0.2) is 0 Å². The summed E-state index contributed by atoms with van der Waals surface area (Å²) in [4.78, 5) is 25.5. The average Bonchev–Trinajstić information content (AvgIpc) is 2.75. The van der Waals surface area contributed by atoms with Gasteiger partial charge in [0.05, 0.1) is 5.41 Å². The van der Waals surface area contributed by atoms with Gasteiger partial charge in [0.2, 0.25) is 0 Å². The molecule has 21 heavy (non-hydrogen) atoms. The van der Waals surface area contributed by atoms with E-state index in [4.69, 9.17) is 0 Å². The topological polar surface area (TPSA) is 69.6 Å². The van der Waals surface area contributed by atoms with Crippen LogP contribution >= 0.6 is 0 Å². The summed E-state index contributed by atoms with van der Waals surface area (Å²) in [6, 6.07) is 0.300. The van der Waals surface area contributed by atoms with E-state index >= 15 is 0 Å². The minimum atomic E-state index is -0.714. The fourth-order valence-electron chi connectivity index (χ4n) is 3.55. The van der Waals surface area contributed by atoms with Gasteiger partial charge >= 0.3 is 12.0 Å². The zero-order valence-corrected chi connectivity index (χ0v) is 13.1. The van der Waals surface area contributed by atoms with E-state index in [9.17, 15) is 14.7 Å². The normalized spacial score (nSPS) is 23.4. The molecule has 2 N–H and O–H groups in total. The summed E-state index contributed by atoms with van der Waals surface area (Å²) < 4.78 is 0. The Labute approximate surface area is 127 Å². The monoisotopic (exact) mass is 296 g/mol. The number of amides is 2. The maximum atomic E-state index is 12.3. The van der Waals surface area contributed by atoms with Crippen LogP contribution in [-0.2, 0) is 4.79 Å². The van der Waals surface area contributed by atoms with Crippen LogP contribution in [0.4, 0.5) is 4.79 Å². The van der Waals surface area contributed by atoms with Crippen molar-refractivity contribution in [2.75, 3.05) is 13.1 Å². The number of carbonyl (C=O) groups excluding carboxylic acids is 1. The Hall–Kier alpha value is -1.26. The highest BCUT2D eigenvalue weighted by Crippen LogP contribution is 2.35. The van der Waals surface area contributed by atoms with Gasteiger partial charge in [-0.05, 0) is 32.1 Å². The molecule has 120 valence electrons. The van der Waals surface area contributed by atoms with Crippen LogP contribution in [0.3, 0.4) is 0 Å². The lowest BCUT2D eigenvalue weighted by atomic mass is 9.76. The number of piperidine rings is 1. The van der Waals surface area contributed by atoms with Crippen LogP contribution in [0.15, 0.2) is 0 Å². The van der Waals surface area contributed by atoms with E-state index in [0.29, 0.717) is 38.4 Å². The van der Waals surface area contributed by atoms with Crippen LogP contribution < -0.4 is 5.32 Å². The molecule has 5 nitrogen and oxygen atoms in total. The van der Waals surface area contributed by atoms with E-state index < -0.39 is 11.4 Å². The van der Waals surface area contributed by atoms with Crippen molar-refractivity contribution >= 4 is 12.0 Å². The molecule has 2 rings (SSSR count). The first-order valence-electron chi connectivity index (χ1n) is 8.36. The number of nitrogens with one attached hydrogen (secondary N) is 1. The molecule has 1 aliphatic carbocycles. The lowest BCUT2D eigenvalue weighted by Gasteiger charge is -2.38. The SMILES string of the molecule is CCC1(C(=O)O)CCN(C(=O)NC2CCCCCC2)CC1. The van der Waals surface area contributed by atoms with Crippen molar-refractivity contribution in [1.29, 1.82) is 0 Å². The summed E-state index contributed by atoms with van der Waals surface area (Å²) in [5.74, 6) is -0.714. The van der Waals surface area contributed by atoms with E-state index in [2.05, 4.69) is 5.32 Å². The number of hydrogen-bond donors (Lipinski definition) is 2. The van der Waals surface area contributed by atoms with Gasteiger partial charge in [-0.1, -0.05) is 32.6 Å². The number of carbonyl (C=O) groups is 2. The van der Waals surface area contributed by atoms with Crippen molar-refractivity contribution in [3.63, 3.8) is 0 Å². The summed E-state index contributed by atoms with van der Waals surface area (Å²) in [5.41, 5.74) is -0.626. The van der Waals surface area contributed by atoms with Crippen LogP contribution in [0, 0.1) is 5.41 Å². The van der Waals surface area contributed by atoms with E-state index in [1.54, 1.807) is 4.90 Å². The Kier molecular flexibility index (Phi) is 5.48. The third kappa shape index (κ3) is 3.89. The maximum absolute atomic E-state index is 12.3. The van der Waals surface area contributed by atoms with Gasteiger partial charge in [-0.25, -0.2) is 4.79 Å². The number of urea groups is 1. The molecule has 1 saturated heterocycles. The number of nitrogens with zero attached hydrogens (tertiary/aromatic N) is 1. The van der Waals surface area contributed by atoms with Crippen molar-refractivity contribution in [2.24, 2.45) is 5.41 Å². The predicted octanol–water partition coefficient (Wildman–Crippen LogP) is 3.00. The third-order valence-corrected chi connectivity index (χ3v) is 5.32. The number of aliphatic carboxylic acids is 1. The predicted molar refractivity (Wildman–Crippen MR) is 81.2 cm³/mol. The van der Waals surface area contributed by atoms with Crippen molar-refractivity contribution in [3.05, 3.63) is 0 Å². The zero-order chi connectivity index (χ0) is 15.3. The van der Waals surface area contributed by atoms with Crippen LogP contribution in [0.25, 0.3) is 0 Å². The highest BCUT2D eigenvalue weighted by molar-refractivity contribution is 5.77. The maximum Gasteiger partial charge on any atom is 0.317 e. The lowest BCUT2D eigenvalue weighted by Crippen LogP contribution is -2.51. The molecule has 0 aromatic carbocycles. The largest absolute Gasteiger partial charge is 0.481 e. The molecule has 0 bridgehead atoms. The number of rotatable bonds is 3. The van der Waals surface area contributed by atoms with Crippen LogP contribution in [0.2, 0.25) is 0 Å². The molecule has 0 aromatic rings. The Bertz CT molecular complexity index is 368. The Morgan fingerprint density at radius 3 is 2.19 bits per heavy atom. The standard InChI is InChI=1S/C16H28N2O3/c1-2-16(14(19)20)9-11-18(12-10-16)15(21)17-13-7-5-3-4-6-8-13/h13H,2-12H2,1H3,(H,17,21)(H,19,20). The second-order valence-corrected chi connectivity index (χ2v) is 6.56. The summed E-state index contributed by atoms with van der Waals surface area (Å²) in [6.45, 7) is 3.03. The summed E-state index contributed by atoms with van der Waals surface area (Å²) in [6.07, 6.45) is 8.86. The average molecular weight is 296 g/mol. The Balaban J connectivity index is 1.83. The van der Waals surface area contributed by atoms with E-state index in [-0.39, 0.29) is 6.03 Å². The van der Waals surface area contributed by atoms with Gasteiger partial charge in [0, 0.05) is 19.1 Å². The molecular formula is C16H28N2O3. The smallest absolute Gasteiger partial charge is 0.317 e. The second kappa shape index (κ2) is 7.14. The molecule has 2 amide bonds. The molecule has 5 heteroatoms. The Morgan fingerprint density at radius 1 is 1.14 bits per heavy atom. The van der Waals surface area contributed by atoms with Crippen LogP contribution in [0.5, 0.6) is 0 Å². The summed E-state index contributed by atoms with van der Waals surface area (Å²) in [5, 5.41) is 12.5. The van der Waals surface area contributed by atoms with E-state index in [0.717, 1.165) is 12.8 Å². The molecule has 0 aromatic heterocycles. The van der Waals surface area contributed by atoms with Crippen LogP contribution in [0.1, 0.15) is 64.7 Å². The van der Waals surface area contributed by atoms with Gasteiger partial charge in [0.25, 0.3) is 0 Å². The summed E-state index contributed by atoms with van der Waals surface area (Å²) in [7, 11) is 0. The van der Waals surface area contributed by atoms with Crippen molar-refractivity contribution in [2.45, 2.75) is 70.8 Å². The van der Waals surface area contributed by atoms with Crippen molar-refractivity contribution in [1.82, 2.24) is 10.2 Å². The van der Waals surface area contributed by atoms with Gasteiger partial charge in [-0.2, -0.15) is 0 Å². The zero-order valence-electron chi connectivity index (χ0n) is 13.1. The number of carboxylic acid groups (broad SMARTS) is 1. The quantitative estimate of drug-likeness (QED) is 0.787. The van der Waals surface area contributed by atoms with Gasteiger partial charge in [0.1, 0.15) is 0 Å². The first-order valence-corrected chi connectivity index (χ1v) is 8.36. The fourth-order valence-corrected chi connectivity index (χ4v) is 3.55. The summed E-state index contributed by atoms with van der Waals surface area (Å²) >= 11 is 0. The molecule has 0 radical (unpaired) electrons. The molecule has 1 aliphatic heterocycles. The minimum Gasteiger partial charge on any atom is -0.481 e. The lowest BCUT2D eigenvalue weighted by molar-refractivity contribution is -0.151. The highest BCUT2D eigenvalue weighted by Gasteiger charge is 2.40. The first kappa shape index (κ1) is 16.1. The molecule has 0 atom stereocenters. The molecule has 1 saturated carbocycles. The molecule has 2 fully saturated rings. The van der Waals surface area contributed by atoms with Crippen molar-refractivity contribution in [3.8, 4) is 0 Å². The molecular weight excluding hydrogens is 268 g/mol. The fraction of sp³-hybridized carbons (Fsp3) is 0.875. The first-order chi connectivity index (χ1) is 10.1. The van der Waals surface area contributed by atoms with Crippen LogP contribution in [-0.4, -0.2) is 41.1 Å². The number of hydrogen-bond acceptors (Lipinski definition) is 2. The molecule has 0 spiro atoms. The minimum absolute atomic E-state index is 0.00279. The number of likely N-dealkylation sites (tertiary alicyclic amines) is 1. The second-order valence-electron chi connectivity index (χ2n) is 6.56. The Morgan fingerprint density at radius 2 is 1.71 bits per heavy atom. The molecule has 0 unspecified atom stereocenters. The van der Waals surface area contributed by atoms with E-state index in [1.807, 2.05) is 6.92 Å². The molecule has 1 heterocycles. The molecule has 2 aliphatic rings. The van der Waals surface area contributed by atoms with Crippen molar-refractivity contribution < 1.29 is 14.7 Å². The third-order valence-electron chi connectivity index (χ3n) is 5.32. The van der Waals surface area contributed by atoms with E-state index in [1.165, 1.54) is 25.7 Å².